The Hall–Kier alpha value is -1.33. The van der Waals surface area contributed by atoms with Gasteiger partial charge in [0.2, 0.25) is 0 Å². The molecule has 15 heavy (non-hydrogen) atoms. The van der Waals surface area contributed by atoms with E-state index in [-0.39, 0.29) is 23.5 Å². The minimum absolute atomic E-state index is 0. The molecule has 84 valence electrons. The summed E-state index contributed by atoms with van der Waals surface area (Å²) in [5.41, 5.74) is 4.87. The summed E-state index contributed by atoms with van der Waals surface area (Å²) >= 11 is 0. The summed E-state index contributed by atoms with van der Waals surface area (Å²) in [4.78, 5) is 10.6. The third kappa shape index (κ3) is 2.57. The van der Waals surface area contributed by atoms with Crippen molar-refractivity contribution in [2.24, 2.45) is 5.73 Å². The number of phenols is 1. The minimum Gasteiger partial charge on any atom is -0.507 e. The molecule has 1 atom stereocenters. The molecule has 1 aromatic carbocycles. The molecule has 4 N–H and O–H groups in total. The second kappa shape index (κ2) is 4.95. The molecular weight excluding hydrogens is 225 g/mol. The minimum atomic E-state index is -1.32. The topological polar surface area (TPSA) is 83.6 Å². The number of benzene rings is 1. The average Bonchev–Trinajstić information content (AvgIpc) is 2.02. The van der Waals surface area contributed by atoms with Gasteiger partial charge in [-0.3, -0.25) is 0 Å². The van der Waals surface area contributed by atoms with Gasteiger partial charge >= 0.3 is 5.97 Å². The van der Waals surface area contributed by atoms with Crippen LogP contribution in [0.3, 0.4) is 0 Å². The van der Waals surface area contributed by atoms with Crippen molar-refractivity contribution in [2.45, 2.75) is 13.0 Å². The second-order valence-electron chi connectivity index (χ2n) is 2.95. The number of aromatic carboxylic acids is 1. The monoisotopic (exact) mass is 235 g/mol. The van der Waals surface area contributed by atoms with E-state index in [1.165, 1.54) is 6.92 Å². The molecule has 0 bridgehead atoms. The molecule has 0 saturated carbocycles. The lowest BCUT2D eigenvalue weighted by Gasteiger charge is -2.11. The van der Waals surface area contributed by atoms with Crippen molar-refractivity contribution in [2.75, 3.05) is 0 Å². The Balaban J connectivity index is 0.00000196. The molecule has 0 spiro atoms. The number of rotatable bonds is 2. The van der Waals surface area contributed by atoms with Crippen LogP contribution in [-0.4, -0.2) is 16.2 Å². The van der Waals surface area contributed by atoms with Crippen LogP contribution in [0.5, 0.6) is 5.75 Å². The predicted molar refractivity (Wildman–Crippen MR) is 54.9 cm³/mol. The predicted octanol–water partition coefficient (Wildman–Crippen LogP) is 1.67. The fraction of sp³-hybridized carbons (Fsp3) is 0.222. The molecule has 0 aliphatic heterocycles. The zero-order valence-electron chi connectivity index (χ0n) is 7.90. The van der Waals surface area contributed by atoms with Gasteiger partial charge < -0.3 is 15.9 Å². The summed E-state index contributed by atoms with van der Waals surface area (Å²) in [7, 11) is 0. The number of carbonyl (C=O) groups is 1. The Labute approximate surface area is 91.9 Å². The molecule has 0 heterocycles. The lowest BCUT2D eigenvalue weighted by Crippen LogP contribution is -2.10. The first kappa shape index (κ1) is 13.7. The molecule has 1 aromatic rings. The Kier molecular flexibility index (Phi) is 4.51. The fourth-order valence-corrected chi connectivity index (χ4v) is 1.19. The highest BCUT2D eigenvalue weighted by Crippen LogP contribution is 2.29. The van der Waals surface area contributed by atoms with E-state index in [2.05, 4.69) is 0 Å². The van der Waals surface area contributed by atoms with Gasteiger partial charge in [0, 0.05) is 11.6 Å². The highest BCUT2D eigenvalue weighted by atomic mass is 35.5. The largest absolute Gasteiger partial charge is 0.507 e. The molecule has 0 amide bonds. The summed E-state index contributed by atoms with van der Waals surface area (Å²) in [6, 6.07) is 1.22. The zero-order chi connectivity index (χ0) is 10.9. The summed E-state index contributed by atoms with van der Waals surface area (Å²) in [5, 5.41) is 18.0. The summed E-state index contributed by atoms with van der Waals surface area (Å²) in [6.45, 7) is 1.46. The van der Waals surface area contributed by atoms with Crippen molar-refractivity contribution < 1.29 is 19.4 Å². The van der Waals surface area contributed by atoms with E-state index in [0.717, 1.165) is 12.1 Å². The van der Waals surface area contributed by atoms with E-state index in [9.17, 15) is 14.3 Å². The van der Waals surface area contributed by atoms with Gasteiger partial charge in [0.1, 0.15) is 17.1 Å². The number of hydrogen-bond donors (Lipinski definition) is 3. The van der Waals surface area contributed by atoms with Crippen LogP contribution >= 0.6 is 12.4 Å². The average molecular weight is 236 g/mol. The van der Waals surface area contributed by atoms with Gasteiger partial charge in [-0.05, 0) is 19.1 Å². The van der Waals surface area contributed by atoms with Crippen LogP contribution in [0.4, 0.5) is 4.39 Å². The van der Waals surface area contributed by atoms with Gasteiger partial charge in [-0.2, -0.15) is 0 Å². The van der Waals surface area contributed by atoms with Gasteiger partial charge in [-0.25, -0.2) is 9.18 Å². The molecule has 0 aromatic heterocycles. The van der Waals surface area contributed by atoms with Gasteiger partial charge in [-0.15, -0.1) is 12.4 Å². The normalized spacial score (nSPS) is 11.7. The highest BCUT2D eigenvalue weighted by Gasteiger charge is 2.19. The van der Waals surface area contributed by atoms with Crippen LogP contribution in [0.2, 0.25) is 0 Å². The lowest BCUT2D eigenvalue weighted by atomic mass is 10.0. The van der Waals surface area contributed by atoms with Crippen molar-refractivity contribution in [1.82, 2.24) is 0 Å². The molecule has 0 fully saturated rings. The smallest absolute Gasteiger partial charge is 0.339 e. The summed E-state index contributed by atoms with van der Waals surface area (Å²) in [5.74, 6) is -2.63. The van der Waals surface area contributed by atoms with Gasteiger partial charge in [0.05, 0.1) is 0 Å². The Morgan fingerprint density at radius 2 is 2.07 bits per heavy atom. The maximum Gasteiger partial charge on any atom is 0.339 e. The first-order valence-corrected chi connectivity index (χ1v) is 3.95. The van der Waals surface area contributed by atoms with Crippen molar-refractivity contribution in [3.8, 4) is 5.75 Å². The molecule has 1 rings (SSSR count). The summed E-state index contributed by atoms with van der Waals surface area (Å²) in [6.07, 6.45) is 0. The van der Waals surface area contributed by atoms with E-state index in [1.54, 1.807) is 0 Å². The third-order valence-electron chi connectivity index (χ3n) is 1.85. The van der Waals surface area contributed by atoms with Gasteiger partial charge in [-0.1, -0.05) is 0 Å². The van der Waals surface area contributed by atoms with E-state index < -0.39 is 23.6 Å². The number of nitrogens with two attached hydrogens (primary N) is 1. The number of hydrogen-bond acceptors (Lipinski definition) is 3. The van der Waals surface area contributed by atoms with Crippen LogP contribution in [0.1, 0.15) is 28.9 Å². The van der Waals surface area contributed by atoms with Crippen LogP contribution in [0.25, 0.3) is 0 Å². The van der Waals surface area contributed by atoms with Gasteiger partial charge in [0.25, 0.3) is 0 Å². The maximum absolute atomic E-state index is 13.1. The first-order chi connectivity index (χ1) is 6.45. The SMILES string of the molecule is C[C@H](N)c1c(F)ccc(C(=O)O)c1O.Cl. The zero-order valence-corrected chi connectivity index (χ0v) is 8.71. The molecule has 6 heteroatoms. The van der Waals surface area contributed by atoms with Crippen molar-refractivity contribution in [3.63, 3.8) is 0 Å². The highest BCUT2D eigenvalue weighted by molar-refractivity contribution is 5.91. The summed E-state index contributed by atoms with van der Waals surface area (Å²) < 4.78 is 13.1. The van der Waals surface area contributed by atoms with Crippen molar-refractivity contribution in [1.29, 1.82) is 0 Å². The van der Waals surface area contributed by atoms with E-state index >= 15 is 0 Å². The van der Waals surface area contributed by atoms with Crippen LogP contribution in [0.15, 0.2) is 12.1 Å². The molecule has 0 unspecified atom stereocenters. The molecule has 0 aliphatic carbocycles. The van der Waals surface area contributed by atoms with Crippen LogP contribution in [-0.2, 0) is 0 Å². The van der Waals surface area contributed by atoms with Crippen LogP contribution < -0.4 is 5.73 Å². The molecule has 0 saturated heterocycles. The number of carboxylic acid groups (broad SMARTS) is 1. The van der Waals surface area contributed by atoms with E-state index in [4.69, 9.17) is 10.8 Å². The lowest BCUT2D eigenvalue weighted by molar-refractivity contribution is 0.0693. The number of carboxylic acids is 1. The van der Waals surface area contributed by atoms with Crippen molar-refractivity contribution >= 4 is 18.4 Å². The maximum atomic E-state index is 13.1. The number of halogens is 2. The second-order valence-corrected chi connectivity index (χ2v) is 2.95. The van der Waals surface area contributed by atoms with Crippen molar-refractivity contribution in [3.05, 3.63) is 29.1 Å². The molecular formula is C9H11ClFNO3. The first-order valence-electron chi connectivity index (χ1n) is 3.95. The molecule has 0 radical (unpaired) electrons. The molecule has 0 aliphatic rings. The number of aromatic hydroxyl groups is 1. The quantitative estimate of drug-likeness (QED) is 0.728. The third-order valence-corrected chi connectivity index (χ3v) is 1.85. The van der Waals surface area contributed by atoms with Gasteiger partial charge in [0.15, 0.2) is 0 Å². The Morgan fingerprint density at radius 3 is 2.47 bits per heavy atom. The van der Waals surface area contributed by atoms with E-state index in [0.29, 0.717) is 0 Å². The fourth-order valence-electron chi connectivity index (χ4n) is 1.19. The van der Waals surface area contributed by atoms with E-state index in [1.807, 2.05) is 0 Å². The Morgan fingerprint density at radius 1 is 1.53 bits per heavy atom. The van der Waals surface area contributed by atoms with Crippen LogP contribution in [0, 0.1) is 5.82 Å². The Bertz CT molecular complexity index is 382. The standard InChI is InChI=1S/C9H10FNO3.ClH/c1-4(11)7-6(10)3-2-5(8(7)12)9(13)14;/h2-4,12H,11H2,1H3,(H,13,14);1H/t4-;/m0./s1. The molecule has 4 nitrogen and oxygen atoms in total.